The van der Waals surface area contributed by atoms with Gasteiger partial charge in [-0.3, -0.25) is 0 Å². The molecule has 0 aliphatic carbocycles. The number of carbonyl (C=O) groups is 4. The lowest BCUT2D eigenvalue weighted by Crippen LogP contribution is -2.45. The van der Waals surface area contributed by atoms with E-state index in [0.717, 1.165) is 24.0 Å². The summed E-state index contributed by atoms with van der Waals surface area (Å²) in [7, 11) is 2.60. The van der Waals surface area contributed by atoms with Gasteiger partial charge in [0.1, 0.15) is 11.5 Å². The van der Waals surface area contributed by atoms with E-state index in [9.17, 15) is 19.2 Å². The number of urea groups is 2. The third-order valence-electron chi connectivity index (χ3n) is 6.85. The lowest BCUT2D eigenvalue weighted by atomic mass is 9.95. The van der Waals surface area contributed by atoms with E-state index in [0.29, 0.717) is 47.3 Å². The summed E-state index contributed by atoms with van der Waals surface area (Å²) in [5, 5.41) is 10.7. The fourth-order valence-corrected chi connectivity index (χ4v) is 4.75. The average Bonchev–Trinajstić information content (AvgIpc) is 2.98. The second-order valence-electron chi connectivity index (χ2n) is 9.67. The van der Waals surface area contributed by atoms with E-state index >= 15 is 0 Å². The second-order valence-corrected chi connectivity index (χ2v) is 9.67. The number of rotatable bonds is 11. The first-order valence-electron chi connectivity index (χ1n) is 13.4. The summed E-state index contributed by atoms with van der Waals surface area (Å²) in [6, 6.07) is 12.3. The second kappa shape index (κ2) is 13.6. The molecule has 0 fully saturated rings. The smallest absolute Gasteiger partial charge is 0.337 e. The van der Waals surface area contributed by atoms with Gasteiger partial charge in [0.2, 0.25) is 0 Å². The van der Waals surface area contributed by atoms with E-state index in [1.807, 2.05) is 0 Å². The van der Waals surface area contributed by atoms with Gasteiger partial charge < -0.3 is 40.2 Å². The summed E-state index contributed by atoms with van der Waals surface area (Å²) in [5.41, 5.74) is 3.04. The van der Waals surface area contributed by atoms with Gasteiger partial charge in [0.15, 0.2) is 0 Å². The first-order chi connectivity index (χ1) is 20.2. The van der Waals surface area contributed by atoms with Gasteiger partial charge in [-0.15, -0.1) is 0 Å². The molecule has 0 spiro atoms. The summed E-state index contributed by atoms with van der Waals surface area (Å²) in [6.45, 7) is 4.28. The number of hydrogen-bond donors (Lipinski definition) is 4. The fourth-order valence-electron chi connectivity index (χ4n) is 4.75. The zero-order valence-corrected chi connectivity index (χ0v) is 23.9. The quantitative estimate of drug-likeness (QED) is 0.233. The maximum absolute atomic E-state index is 12.3. The normalized spacial score (nSPS) is 18.3. The van der Waals surface area contributed by atoms with Gasteiger partial charge in [0, 0.05) is 11.4 Å². The Kier molecular flexibility index (Phi) is 9.69. The molecule has 222 valence electrons. The molecule has 0 saturated carbocycles. The number of amides is 4. The third-order valence-corrected chi connectivity index (χ3v) is 6.85. The van der Waals surface area contributed by atoms with E-state index in [1.54, 1.807) is 62.4 Å². The largest absolute Gasteiger partial charge is 0.494 e. The molecule has 12 heteroatoms. The van der Waals surface area contributed by atoms with Crippen LogP contribution in [-0.2, 0) is 19.1 Å². The van der Waals surface area contributed by atoms with Crippen LogP contribution in [0.5, 0.6) is 11.5 Å². The van der Waals surface area contributed by atoms with Crippen molar-refractivity contribution < 1.29 is 38.1 Å². The number of benzene rings is 2. The molecule has 0 saturated heterocycles. The highest BCUT2D eigenvalue weighted by Crippen LogP contribution is 2.30. The monoisotopic (exact) mass is 578 g/mol. The zero-order valence-electron chi connectivity index (χ0n) is 23.9. The van der Waals surface area contributed by atoms with Crippen molar-refractivity contribution in [2.75, 3.05) is 27.4 Å². The van der Waals surface area contributed by atoms with Gasteiger partial charge in [0.05, 0.1) is 50.7 Å². The highest BCUT2D eigenvalue weighted by Gasteiger charge is 2.33. The molecule has 2 heterocycles. The number of carbonyl (C=O) groups excluding carboxylic acids is 4. The summed E-state index contributed by atoms with van der Waals surface area (Å²) in [4.78, 5) is 48.5. The van der Waals surface area contributed by atoms with Crippen LogP contribution in [0, 0.1) is 0 Å². The molecule has 4 amide bonds. The molecule has 12 nitrogen and oxygen atoms in total. The number of nitrogens with one attached hydrogen (secondary N) is 4. The first-order valence-corrected chi connectivity index (χ1v) is 13.4. The van der Waals surface area contributed by atoms with Crippen molar-refractivity contribution in [2.24, 2.45) is 0 Å². The maximum atomic E-state index is 12.3. The van der Waals surface area contributed by atoms with E-state index in [4.69, 9.17) is 18.9 Å². The maximum Gasteiger partial charge on any atom is 0.337 e. The Morgan fingerprint density at radius 1 is 0.643 bits per heavy atom. The number of hydrogen-bond acceptors (Lipinski definition) is 8. The molecule has 4 rings (SSSR count). The molecule has 2 aliphatic heterocycles. The van der Waals surface area contributed by atoms with Crippen LogP contribution in [0.15, 0.2) is 71.1 Å². The van der Waals surface area contributed by atoms with Crippen molar-refractivity contribution in [1.29, 1.82) is 0 Å². The van der Waals surface area contributed by atoms with Gasteiger partial charge in [-0.05, 0) is 62.1 Å². The highest BCUT2D eigenvalue weighted by molar-refractivity contribution is 5.95. The number of unbranched alkanes of at least 4 members (excludes halogenated alkanes) is 1. The fraction of sp³-hybridized carbons (Fsp3) is 0.333. The minimum absolute atomic E-state index is 0.344. The zero-order chi connectivity index (χ0) is 30.2. The molecular weight excluding hydrogens is 544 g/mol. The van der Waals surface area contributed by atoms with E-state index in [2.05, 4.69) is 21.3 Å². The van der Waals surface area contributed by atoms with Crippen LogP contribution in [0.25, 0.3) is 0 Å². The first kappa shape index (κ1) is 30.0. The Morgan fingerprint density at radius 2 is 1.00 bits per heavy atom. The summed E-state index contributed by atoms with van der Waals surface area (Å²) in [5.74, 6) is 0.297. The molecule has 4 N–H and O–H groups in total. The van der Waals surface area contributed by atoms with Gasteiger partial charge in [-0.25, -0.2) is 19.2 Å². The van der Waals surface area contributed by atoms with Crippen molar-refractivity contribution in [3.05, 3.63) is 82.2 Å². The minimum Gasteiger partial charge on any atom is -0.494 e. The number of methoxy groups -OCH3 is 2. The molecule has 2 unspecified atom stereocenters. The van der Waals surface area contributed by atoms with Crippen LogP contribution in [0.3, 0.4) is 0 Å². The molecule has 2 aromatic carbocycles. The summed E-state index contributed by atoms with van der Waals surface area (Å²) >= 11 is 0. The van der Waals surface area contributed by atoms with Crippen LogP contribution in [-0.4, -0.2) is 51.4 Å². The Bertz CT molecular complexity index is 1290. The number of esters is 2. The summed E-state index contributed by atoms with van der Waals surface area (Å²) < 4.78 is 21.4. The number of ether oxygens (including phenoxy) is 4. The van der Waals surface area contributed by atoms with Gasteiger partial charge in [-0.1, -0.05) is 24.3 Å². The van der Waals surface area contributed by atoms with E-state index in [1.165, 1.54) is 14.2 Å². The average molecular weight is 579 g/mol. The highest BCUT2D eigenvalue weighted by atomic mass is 16.5. The Labute approximate surface area is 243 Å². The SMILES string of the molecule is COC(=O)C1=C(C)NC(=O)NC1c1ccc(OCCCCOc2ccc(C3NC(=O)NC(C)=C3C(=O)OC)cc2)cc1. The molecule has 0 radical (unpaired) electrons. The Morgan fingerprint density at radius 3 is 1.33 bits per heavy atom. The van der Waals surface area contributed by atoms with Crippen molar-refractivity contribution in [3.8, 4) is 11.5 Å². The van der Waals surface area contributed by atoms with Crippen LogP contribution in [0.2, 0.25) is 0 Å². The van der Waals surface area contributed by atoms with Crippen molar-refractivity contribution in [2.45, 2.75) is 38.8 Å². The number of allylic oxidation sites excluding steroid dienone is 2. The lowest BCUT2D eigenvalue weighted by molar-refractivity contribution is -0.137. The molecule has 0 aromatic heterocycles. The van der Waals surface area contributed by atoms with Crippen LogP contribution < -0.4 is 30.7 Å². The molecule has 0 bridgehead atoms. The van der Waals surface area contributed by atoms with Gasteiger partial charge >= 0.3 is 24.0 Å². The molecule has 2 atom stereocenters. The van der Waals surface area contributed by atoms with Crippen molar-refractivity contribution in [1.82, 2.24) is 21.3 Å². The van der Waals surface area contributed by atoms with Crippen LogP contribution in [0.4, 0.5) is 9.59 Å². The van der Waals surface area contributed by atoms with E-state index in [-0.39, 0.29) is 12.1 Å². The van der Waals surface area contributed by atoms with Gasteiger partial charge in [-0.2, -0.15) is 0 Å². The predicted octanol–water partition coefficient (Wildman–Crippen LogP) is 3.53. The molecule has 42 heavy (non-hydrogen) atoms. The Balaban J connectivity index is 1.23. The Hall–Kier alpha value is -5.00. The minimum atomic E-state index is -0.625. The van der Waals surface area contributed by atoms with Crippen LogP contribution in [0.1, 0.15) is 49.9 Å². The molecule has 2 aliphatic rings. The molecule has 2 aromatic rings. The standard InChI is InChI=1S/C30H34N4O8/c1-17-23(27(35)39-3)25(33-29(37)31-17)19-7-11-21(12-8-19)41-15-5-6-16-42-22-13-9-20(10-14-22)26-24(28(36)40-4)18(2)32-30(38)34-26/h7-14,25-26H,5-6,15-16H2,1-4H3,(H2,31,33,37)(H2,32,34,38). The van der Waals surface area contributed by atoms with E-state index < -0.39 is 24.0 Å². The molecular formula is C30H34N4O8. The predicted molar refractivity (Wildman–Crippen MR) is 151 cm³/mol. The van der Waals surface area contributed by atoms with Crippen molar-refractivity contribution in [3.63, 3.8) is 0 Å². The van der Waals surface area contributed by atoms with Crippen molar-refractivity contribution >= 4 is 24.0 Å². The van der Waals surface area contributed by atoms with Gasteiger partial charge in [0.25, 0.3) is 0 Å². The summed E-state index contributed by atoms with van der Waals surface area (Å²) in [6.07, 6.45) is 1.51. The van der Waals surface area contributed by atoms with Crippen LogP contribution >= 0.6 is 0 Å². The topological polar surface area (TPSA) is 153 Å². The lowest BCUT2D eigenvalue weighted by Gasteiger charge is -2.27. The third kappa shape index (κ3) is 7.00.